The van der Waals surface area contributed by atoms with Crippen molar-refractivity contribution in [1.82, 2.24) is 20.0 Å². The molecule has 3 N–H and O–H groups in total. The summed E-state index contributed by atoms with van der Waals surface area (Å²) in [6, 6.07) is 12.8. The maximum atomic E-state index is 12.7. The van der Waals surface area contributed by atoms with E-state index in [2.05, 4.69) is 20.6 Å². The van der Waals surface area contributed by atoms with Crippen molar-refractivity contribution < 1.29 is 18.7 Å². The van der Waals surface area contributed by atoms with Gasteiger partial charge in [-0.25, -0.2) is 9.67 Å². The van der Waals surface area contributed by atoms with E-state index < -0.39 is 5.91 Å². The smallest absolute Gasteiger partial charge is 0.280 e. The van der Waals surface area contributed by atoms with Gasteiger partial charge in [-0.15, -0.1) is 5.10 Å². The number of amides is 1. The molecule has 0 atom stereocenters. The second-order valence-corrected chi connectivity index (χ2v) is 7.34. The van der Waals surface area contributed by atoms with Gasteiger partial charge in [0.2, 0.25) is 5.89 Å². The standard InChI is InChI=1S/C23H24N6O4/c1-13-7-5-6-8-16(13)25-22(30)20-21(24)29(28-27-20)12-17-14(2)33-23(26-17)15-9-10-18(31-3)19(11-15)32-4/h5-11H,12,24H2,1-4H3,(H,25,30). The Hall–Kier alpha value is -4.34. The Kier molecular flexibility index (Phi) is 5.99. The molecule has 10 heteroatoms. The minimum atomic E-state index is -0.434. The zero-order chi connectivity index (χ0) is 23.5. The number of aromatic nitrogens is 4. The van der Waals surface area contributed by atoms with Crippen molar-refractivity contribution in [2.75, 3.05) is 25.3 Å². The molecule has 0 unspecified atom stereocenters. The van der Waals surface area contributed by atoms with Gasteiger partial charge < -0.3 is 24.9 Å². The molecule has 4 aromatic rings. The van der Waals surface area contributed by atoms with Gasteiger partial charge in [-0.3, -0.25) is 4.79 Å². The monoisotopic (exact) mass is 448 g/mol. The number of carbonyl (C=O) groups is 1. The Balaban J connectivity index is 1.55. The van der Waals surface area contributed by atoms with Gasteiger partial charge in [0.05, 0.1) is 20.8 Å². The van der Waals surface area contributed by atoms with E-state index >= 15 is 0 Å². The molecule has 2 aromatic carbocycles. The highest BCUT2D eigenvalue weighted by molar-refractivity contribution is 6.06. The van der Waals surface area contributed by atoms with E-state index in [1.807, 2.05) is 37.3 Å². The fraction of sp³-hybridized carbons (Fsp3) is 0.217. The Morgan fingerprint density at radius 2 is 1.88 bits per heavy atom. The van der Waals surface area contributed by atoms with Crippen LogP contribution in [-0.2, 0) is 6.54 Å². The van der Waals surface area contributed by atoms with Gasteiger partial charge in [0.1, 0.15) is 11.5 Å². The number of oxazole rings is 1. The summed E-state index contributed by atoms with van der Waals surface area (Å²) < 4.78 is 17.9. The molecule has 10 nitrogen and oxygen atoms in total. The zero-order valence-electron chi connectivity index (χ0n) is 18.7. The summed E-state index contributed by atoms with van der Waals surface area (Å²) in [6.45, 7) is 3.89. The van der Waals surface area contributed by atoms with Crippen LogP contribution >= 0.6 is 0 Å². The molecule has 33 heavy (non-hydrogen) atoms. The van der Waals surface area contributed by atoms with Crippen molar-refractivity contribution in [2.24, 2.45) is 0 Å². The highest BCUT2D eigenvalue weighted by atomic mass is 16.5. The zero-order valence-corrected chi connectivity index (χ0v) is 18.7. The summed E-state index contributed by atoms with van der Waals surface area (Å²) >= 11 is 0. The molecular weight excluding hydrogens is 424 g/mol. The lowest BCUT2D eigenvalue weighted by Crippen LogP contribution is -2.16. The average molecular weight is 448 g/mol. The van der Waals surface area contributed by atoms with Crippen molar-refractivity contribution in [3.63, 3.8) is 0 Å². The molecule has 0 saturated carbocycles. The molecule has 0 radical (unpaired) electrons. The fourth-order valence-corrected chi connectivity index (χ4v) is 3.30. The molecule has 1 amide bonds. The number of methoxy groups -OCH3 is 2. The third-order valence-electron chi connectivity index (χ3n) is 5.20. The average Bonchev–Trinajstić information content (AvgIpc) is 3.37. The Bertz CT molecular complexity index is 1310. The third-order valence-corrected chi connectivity index (χ3v) is 5.20. The second-order valence-electron chi connectivity index (χ2n) is 7.34. The van der Waals surface area contributed by atoms with Crippen LogP contribution in [0.25, 0.3) is 11.5 Å². The van der Waals surface area contributed by atoms with Gasteiger partial charge in [0.15, 0.2) is 23.0 Å². The van der Waals surface area contributed by atoms with Gasteiger partial charge >= 0.3 is 0 Å². The lowest BCUT2D eigenvalue weighted by Gasteiger charge is -2.07. The molecule has 2 aromatic heterocycles. The summed E-state index contributed by atoms with van der Waals surface area (Å²) in [5.74, 6) is 1.89. The molecule has 0 aliphatic carbocycles. The van der Waals surface area contributed by atoms with Gasteiger partial charge in [-0.2, -0.15) is 0 Å². The predicted octanol–water partition coefficient (Wildman–Crippen LogP) is 3.45. The van der Waals surface area contributed by atoms with Crippen molar-refractivity contribution in [1.29, 1.82) is 0 Å². The minimum absolute atomic E-state index is 0.0412. The first-order chi connectivity index (χ1) is 15.9. The van der Waals surface area contributed by atoms with Crippen LogP contribution in [0.4, 0.5) is 11.5 Å². The van der Waals surface area contributed by atoms with Crippen LogP contribution in [0, 0.1) is 13.8 Å². The van der Waals surface area contributed by atoms with E-state index in [1.54, 1.807) is 33.3 Å². The highest BCUT2D eigenvalue weighted by Gasteiger charge is 2.21. The number of ether oxygens (including phenoxy) is 2. The van der Waals surface area contributed by atoms with E-state index in [4.69, 9.17) is 19.6 Å². The number of rotatable bonds is 7. The molecule has 4 rings (SSSR count). The summed E-state index contributed by atoms with van der Waals surface area (Å²) in [6.07, 6.45) is 0. The molecule has 0 bridgehead atoms. The number of nitrogens with one attached hydrogen (secondary N) is 1. The number of nitrogens with zero attached hydrogens (tertiary/aromatic N) is 4. The molecular formula is C23H24N6O4. The maximum Gasteiger partial charge on any atom is 0.280 e. The summed E-state index contributed by atoms with van der Waals surface area (Å²) in [4.78, 5) is 17.2. The Morgan fingerprint density at radius 3 is 2.61 bits per heavy atom. The number of hydrogen-bond donors (Lipinski definition) is 2. The van der Waals surface area contributed by atoms with Crippen molar-refractivity contribution in [3.05, 3.63) is 65.2 Å². The number of carbonyl (C=O) groups excluding carboxylic acids is 1. The molecule has 0 aliphatic rings. The fourth-order valence-electron chi connectivity index (χ4n) is 3.30. The highest BCUT2D eigenvalue weighted by Crippen LogP contribution is 2.32. The quantitative estimate of drug-likeness (QED) is 0.440. The van der Waals surface area contributed by atoms with E-state index in [0.29, 0.717) is 34.5 Å². The number of benzene rings is 2. The first-order valence-electron chi connectivity index (χ1n) is 10.2. The Labute approximate surface area is 190 Å². The van der Waals surface area contributed by atoms with Gasteiger partial charge in [0.25, 0.3) is 5.91 Å². The number of anilines is 2. The van der Waals surface area contributed by atoms with Crippen LogP contribution in [0.1, 0.15) is 27.5 Å². The Morgan fingerprint density at radius 1 is 1.12 bits per heavy atom. The van der Waals surface area contributed by atoms with E-state index in [1.165, 1.54) is 4.68 Å². The van der Waals surface area contributed by atoms with Crippen molar-refractivity contribution in [3.8, 4) is 23.0 Å². The van der Waals surface area contributed by atoms with Crippen LogP contribution in [0.2, 0.25) is 0 Å². The molecule has 0 fully saturated rings. The molecule has 170 valence electrons. The van der Waals surface area contributed by atoms with Crippen LogP contribution in [0.5, 0.6) is 11.5 Å². The van der Waals surface area contributed by atoms with Gasteiger partial charge in [0, 0.05) is 11.3 Å². The molecule has 0 aliphatic heterocycles. The third kappa shape index (κ3) is 4.36. The van der Waals surface area contributed by atoms with Crippen LogP contribution < -0.4 is 20.5 Å². The molecule has 2 heterocycles. The van der Waals surface area contributed by atoms with Crippen LogP contribution in [0.15, 0.2) is 46.9 Å². The summed E-state index contributed by atoms with van der Waals surface area (Å²) in [5.41, 5.74) is 9.17. The minimum Gasteiger partial charge on any atom is -0.493 e. The van der Waals surface area contributed by atoms with Crippen LogP contribution in [-0.4, -0.2) is 40.1 Å². The number of hydrogen-bond acceptors (Lipinski definition) is 8. The normalized spacial score (nSPS) is 10.8. The lowest BCUT2D eigenvalue weighted by molar-refractivity contribution is 0.102. The van der Waals surface area contributed by atoms with E-state index in [0.717, 1.165) is 11.1 Å². The van der Waals surface area contributed by atoms with Gasteiger partial charge in [-0.05, 0) is 43.7 Å². The molecule has 0 saturated heterocycles. The first-order valence-corrected chi connectivity index (χ1v) is 10.2. The predicted molar refractivity (Wildman–Crippen MR) is 122 cm³/mol. The molecule has 0 spiro atoms. The number of para-hydroxylation sites is 1. The SMILES string of the molecule is COc1ccc(-c2nc(Cn3nnc(C(=O)Nc4ccccc4C)c3N)c(C)o2)cc1OC. The second kappa shape index (κ2) is 9.03. The van der Waals surface area contributed by atoms with Crippen LogP contribution in [0.3, 0.4) is 0 Å². The first kappa shape index (κ1) is 21.9. The summed E-state index contributed by atoms with van der Waals surface area (Å²) in [7, 11) is 3.14. The maximum absolute atomic E-state index is 12.7. The number of aryl methyl sites for hydroxylation is 2. The topological polar surface area (TPSA) is 130 Å². The number of nitrogens with two attached hydrogens (primary N) is 1. The largest absolute Gasteiger partial charge is 0.493 e. The van der Waals surface area contributed by atoms with Crippen molar-refractivity contribution >= 4 is 17.4 Å². The van der Waals surface area contributed by atoms with Gasteiger partial charge in [-0.1, -0.05) is 23.4 Å². The summed E-state index contributed by atoms with van der Waals surface area (Å²) in [5, 5.41) is 10.8. The lowest BCUT2D eigenvalue weighted by atomic mass is 10.2. The van der Waals surface area contributed by atoms with Crippen molar-refractivity contribution in [2.45, 2.75) is 20.4 Å². The number of nitrogen functional groups attached to an aromatic ring is 1. The van der Waals surface area contributed by atoms with E-state index in [-0.39, 0.29) is 18.1 Å². The van der Waals surface area contributed by atoms with E-state index in [9.17, 15) is 4.79 Å².